The molecule has 2 heterocycles. The van der Waals surface area contributed by atoms with Gasteiger partial charge in [-0.1, -0.05) is 18.2 Å². The Hall–Kier alpha value is -2.36. The summed E-state index contributed by atoms with van der Waals surface area (Å²) in [5.41, 5.74) is 6.94. The molecular formula is C14H16N6O2S. The topological polar surface area (TPSA) is 107 Å². The maximum Gasteiger partial charge on any atom is 0.336 e. The highest BCUT2D eigenvalue weighted by Gasteiger charge is 2.26. The molecule has 0 bridgehead atoms. The summed E-state index contributed by atoms with van der Waals surface area (Å²) < 4.78 is 1.86. The highest BCUT2D eigenvalue weighted by atomic mass is 32.1. The van der Waals surface area contributed by atoms with Gasteiger partial charge in [-0.2, -0.15) is 14.9 Å². The molecule has 4 N–H and O–H groups in total. The van der Waals surface area contributed by atoms with Crippen molar-refractivity contribution in [2.24, 2.45) is 5.10 Å². The molecule has 120 valence electrons. The Morgan fingerprint density at radius 1 is 1.48 bits per heavy atom. The molecule has 0 spiro atoms. The van der Waals surface area contributed by atoms with E-state index < -0.39 is 5.97 Å². The number of carboxylic acid groups (broad SMARTS) is 1. The lowest BCUT2D eigenvalue weighted by Crippen LogP contribution is -2.29. The molecule has 1 aromatic heterocycles. The number of nitrogens with zero attached hydrogens (tertiary/aromatic N) is 3. The van der Waals surface area contributed by atoms with Gasteiger partial charge in [-0.25, -0.2) is 10.2 Å². The highest BCUT2D eigenvalue weighted by Crippen LogP contribution is 2.20. The second-order valence-electron chi connectivity index (χ2n) is 5.31. The van der Waals surface area contributed by atoms with Crippen molar-refractivity contribution in [1.29, 1.82) is 0 Å². The van der Waals surface area contributed by atoms with Crippen molar-refractivity contribution in [3.63, 3.8) is 0 Å². The molecule has 2 atom stereocenters. The van der Waals surface area contributed by atoms with Gasteiger partial charge in [-0.15, -0.1) is 0 Å². The molecule has 1 aliphatic rings. The third kappa shape index (κ3) is 3.21. The monoisotopic (exact) mass is 332 g/mol. The van der Waals surface area contributed by atoms with E-state index in [4.69, 9.17) is 12.2 Å². The van der Waals surface area contributed by atoms with Gasteiger partial charge >= 0.3 is 5.97 Å². The predicted octanol–water partition coefficient (Wildman–Crippen LogP) is 1.45. The van der Waals surface area contributed by atoms with Gasteiger partial charge < -0.3 is 5.11 Å². The van der Waals surface area contributed by atoms with Crippen molar-refractivity contribution < 1.29 is 9.90 Å². The average molecular weight is 332 g/mol. The van der Waals surface area contributed by atoms with Crippen molar-refractivity contribution >= 4 is 24.4 Å². The molecule has 0 amide bonds. The summed E-state index contributed by atoms with van der Waals surface area (Å²) in [6.45, 7) is 2.06. The zero-order valence-corrected chi connectivity index (χ0v) is 13.2. The quantitative estimate of drug-likeness (QED) is 0.499. The molecule has 23 heavy (non-hydrogen) atoms. The van der Waals surface area contributed by atoms with Gasteiger partial charge in [0.15, 0.2) is 5.82 Å². The number of hydrogen-bond donors (Lipinski definition) is 4. The van der Waals surface area contributed by atoms with Crippen molar-refractivity contribution in [3.05, 3.63) is 46.0 Å². The van der Waals surface area contributed by atoms with Crippen molar-refractivity contribution in [1.82, 2.24) is 25.7 Å². The number of carboxylic acids is 1. The van der Waals surface area contributed by atoms with E-state index in [0.717, 1.165) is 6.42 Å². The van der Waals surface area contributed by atoms with Gasteiger partial charge in [0.25, 0.3) is 0 Å². The van der Waals surface area contributed by atoms with Crippen molar-refractivity contribution in [3.8, 4) is 0 Å². The minimum absolute atomic E-state index is 0.0233. The van der Waals surface area contributed by atoms with Crippen molar-refractivity contribution in [2.45, 2.75) is 25.4 Å². The van der Waals surface area contributed by atoms with Gasteiger partial charge in [-0.05, 0) is 31.6 Å². The van der Waals surface area contributed by atoms with Gasteiger partial charge in [0.2, 0.25) is 4.77 Å². The summed E-state index contributed by atoms with van der Waals surface area (Å²) in [5, 5.41) is 20.5. The molecule has 0 radical (unpaired) electrons. The maximum absolute atomic E-state index is 11.2. The van der Waals surface area contributed by atoms with Gasteiger partial charge in [-0.3, -0.25) is 10.5 Å². The molecular weight excluding hydrogens is 316 g/mol. The number of aromatic carboxylic acids is 1. The van der Waals surface area contributed by atoms with Crippen LogP contribution in [0.3, 0.4) is 0 Å². The Labute approximate surface area is 137 Å². The number of carbonyl (C=O) groups is 1. The van der Waals surface area contributed by atoms with E-state index in [0.29, 0.717) is 22.2 Å². The number of nitrogens with one attached hydrogen (secondary N) is 3. The van der Waals surface area contributed by atoms with E-state index in [1.165, 1.54) is 17.0 Å². The molecule has 1 saturated heterocycles. The summed E-state index contributed by atoms with van der Waals surface area (Å²) in [6.07, 6.45) is 2.32. The second-order valence-corrected chi connectivity index (χ2v) is 5.70. The maximum atomic E-state index is 11.2. The summed E-state index contributed by atoms with van der Waals surface area (Å²) in [7, 11) is 0. The molecule has 2 unspecified atom stereocenters. The van der Waals surface area contributed by atoms with E-state index in [-0.39, 0.29) is 11.6 Å². The van der Waals surface area contributed by atoms with Crippen LogP contribution in [0.4, 0.5) is 0 Å². The third-order valence-electron chi connectivity index (χ3n) is 3.58. The first-order valence-corrected chi connectivity index (χ1v) is 7.52. The van der Waals surface area contributed by atoms with Crippen LogP contribution in [0.2, 0.25) is 0 Å². The fraction of sp³-hybridized carbons (Fsp3) is 0.286. The summed E-state index contributed by atoms with van der Waals surface area (Å²) in [4.78, 5) is 11.2. The lowest BCUT2D eigenvalue weighted by atomic mass is 10.1. The van der Waals surface area contributed by atoms with Gasteiger partial charge in [0.1, 0.15) is 0 Å². The van der Waals surface area contributed by atoms with Crippen LogP contribution in [0, 0.1) is 4.77 Å². The second kappa shape index (κ2) is 6.41. The van der Waals surface area contributed by atoms with Crippen LogP contribution in [0.5, 0.6) is 0 Å². The number of aromatic amines is 1. The first-order chi connectivity index (χ1) is 11.1. The first-order valence-electron chi connectivity index (χ1n) is 7.11. The Balaban J connectivity index is 1.93. The van der Waals surface area contributed by atoms with E-state index in [1.54, 1.807) is 18.2 Å². The molecule has 3 rings (SSSR count). The highest BCUT2D eigenvalue weighted by molar-refractivity contribution is 7.71. The smallest absolute Gasteiger partial charge is 0.336 e. The number of aromatic nitrogens is 3. The molecule has 0 saturated carbocycles. The summed E-state index contributed by atoms with van der Waals surface area (Å²) >= 11 is 5.20. The SMILES string of the molecule is CC1CC(c2n[nH]c(=S)n2/N=C/c2ccccc2C(=O)O)NN1. The minimum Gasteiger partial charge on any atom is -0.478 e. The molecule has 1 aliphatic heterocycles. The largest absolute Gasteiger partial charge is 0.478 e. The lowest BCUT2D eigenvalue weighted by Gasteiger charge is -2.07. The number of hydrogen-bond acceptors (Lipinski definition) is 6. The zero-order chi connectivity index (χ0) is 16.4. The fourth-order valence-electron chi connectivity index (χ4n) is 2.45. The molecule has 2 aromatic rings. The average Bonchev–Trinajstić information content (AvgIpc) is 3.11. The summed E-state index contributed by atoms with van der Waals surface area (Å²) in [5.74, 6) is -0.352. The first kappa shape index (κ1) is 15.5. The van der Waals surface area contributed by atoms with E-state index >= 15 is 0 Å². The Morgan fingerprint density at radius 2 is 2.26 bits per heavy atom. The van der Waals surface area contributed by atoms with Crippen LogP contribution in [0.1, 0.15) is 41.1 Å². The van der Waals surface area contributed by atoms with E-state index in [2.05, 4.69) is 33.1 Å². The van der Waals surface area contributed by atoms with Crippen LogP contribution in [-0.2, 0) is 0 Å². The summed E-state index contributed by atoms with van der Waals surface area (Å²) in [6, 6.07) is 6.94. The lowest BCUT2D eigenvalue weighted by molar-refractivity contribution is 0.0697. The van der Waals surface area contributed by atoms with Crippen LogP contribution < -0.4 is 10.9 Å². The fourth-order valence-corrected chi connectivity index (χ4v) is 2.64. The molecule has 1 fully saturated rings. The minimum atomic E-state index is -1.00. The normalized spacial score (nSPS) is 21.1. The van der Waals surface area contributed by atoms with Crippen molar-refractivity contribution in [2.75, 3.05) is 0 Å². The Bertz CT molecular complexity index is 812. The Kier molecular flexibility index (Phi) is 4.33. The number of hydrazine groups is 1. The standard InChI is InChI=1S/C14H16N6O2S/c1-8-6-11(17-16-8)12-18-19-14(23)20(12)15-7-9-4-2-3-5-10(9)13(21)22/h2-5,7-8,11,16-17H,6H2,1H3,(H,19,23)(H,21,22)/b15-7+. The Morgan fingerprint density at radius 3 is 2.96 bits per heavy atom. The van der Waals surface area contributed by atoms with E-state index in [9.17, 15) is 9.90 Å². The molecule has 1 aromatic carbocycles. The van der Waals surface area contributed by atoms with E-state index in [1.807, 2.05) is 0 Å². The van der Waals surface area contributed by atoms with Crippen LogP contribution in [0.15, 0.2) is 29.4 Å². The molecule has 9 heteroatoms. The number of H-pyrrole nitrogens is 1. The van der Waals surface area contributed by atoms with Crippen LogP contribution >= 0.6 is 12.2 Å². The van der Waals surface area contributed by atoms with Crippen LogP contribution in [-0.4, -0.2) is 38.2 Å². The number of benzene rings is 1. The van der Waals surface area contributed by atoms with Gasteiger partial charge in [0, 0.05) is 11.6 Å². The predicted molar refractivity (Wildman–Crippen MR) is 86.9 cm³/mol. The zero-order valence-electron chi connectivity index (χ0n) is 12.4. The third-order valence-corrected chi connectivity index (χ3v) is 3.85. The number of rotatable bonds is 4. The molecule has 0 aliphatic carbocycles. The van der Waals surface area contributed by atoms with Gasteiger partial charge in [0.05, 0.1) is 17.8 Å². The van der Waals surface area contributed by atoms with Crippen LogP contribution in [0.25, 0.3) is 0 Å². The molecule has 8 nitrogen and oxygen atoms in total.